The first-order valence-electron chi connectivity index (χ1n) is 8.05. The van der Waals surface area contributed by atoms with Crippen LogP contribution < -0.4 is 17.0 Å². The molecule has 0 N–H and O–H groups in total. The summed E-state index contributed by atoms with van der Waals surface area (Å²) in [7, 11) is 0. The number of fused-ring (bicyclic) bond motifs is 2. The van der Waals surface area contributed by atoms with E-state index in [0.717, 1.165) is 0 Å². The van der Waals surface area contributed by atoms with E-state index in [1.807, 2.05) is 0 Å². The molecule has 0 nitrogen and oxygen atoms in total. The fourth-order valence-corrected chi connectivity index (χ4v) is 2.83. The van der Waals surface area contributed by atoms with E-state index >= 15 is 0 Å². The standard InChI is InChI=1S/C22H25.BrH.Mg/c1-21(2,3)19-9-7-15-11-16-8-10-20(22(4,5)6)14-18(16)12-17(15)13-19;;/h7-11,13-14H,1-6H3;1H;/q-1;;+2/p-1. The summed E-state index contributed by atoms with van der Waals surface area (Å²) in [6.07, 6.45) is 0. The van der Waals surface area contributed by atoms with Gasteiger partial charge >= 0.3 is 23.1 Å². The van der Waals surface area contributed by atoms with E-state index in [4.69, 9.17) is 0 Å². The van der Waals surface area contributed by atoms with Crippen LogP contribution in [0.5, 0.6) is 0 Å². The van der Waals surface area contributed by atoms with E-state index < -0.39 is 0 Å². The maximum absolute atomic E-state index is 3.63. The molecule has 0 fully saturated rings. The van der Waals surface area contributed by atoms with Gasteiger partial charge in [-0.2, -0.15) is 0 Å². The fraction of sp³-hybridized carbons (Fsp3) is 0.364. The number of benzene rings is 3. The molecule has 0 aliphatic heterocycles. The molecule has 0 aromatic heterocycles. The van der Waals surface area contributed by atoms with Crippen LogP contribution in [0.4, 0.5) is 0 Å². The van der Waals surface area contributed by atoms with Crippen LogP contribution in [0.2, 0.25) is 0 Å². The zero-order valence-corrected chi connectivity index (χ0v) is 18.6. The first-order chi connectivity index (χ1) is 10.1. The van der Waals surface area contributed by atoms with Crippen LogP contribution in [0, 0.1) is 6.07 Å². The van der Waals surface area contributed by atoms with Gasteiger partial charge < -0.3 is 17.0 Å². The van der Waals surface area contributed by atoms with Crippen LogP contribution in [0.3, 0.4) is 0 Å². The Morgan fingerprint density at radius 3 is 1.33 bits per heavy atom. The van der Waals surface area contributed by atoms with Crippen LogP contribution in [-0.2, 0) is 10.8 Å². The molecule has 0 unspecified atom stereocenters. The van der Waals surface area contributed by atoms with Gasteiger partial charge in [-0.15, -0.1) is 35.0 Å². The number of hydrogen-bond acceptors (Lipinski definition) is 0. The van der Waals surface area contributed by atoms with Gasteiger partial charge in [-0.25, -0.2) is 0 Å². The summed E-state index contributed by atoms with van der Waals surface area (Å²) in [6.45, 7) is 13.5. The maximum Gasteiger partial charge on any atom is 2.00 e. The molecule has 0 atom stereocenters. The Balaban J connectivity index is 0.00000144. The molecule has 0 radical (unpaired) electrons. The molecule has 122 valence electrons. The van der Waals surface area contributed by atoms with Crippen molar-refractivity contribution in [2.45, 2.75) is 52.4 Å². The summed E-state index contributed by atoms with van der Waals surface area (Å²) in [5, 5.41) is 4.96. The molecule has 0 aliphatic rings. The Labute approximate surface area is 172 Å². The van der Waals surface area contributed by atoms with Crippen molar-refractivity contribution in [3.8, 4) is 0 Å². The average molecular weight is 394 g/mol. The van der Waals surface area contributed by atoms with Gasteiger partial charge in [0, 0.05) is 0 Å². The zero-order valence-electron chi connectivity index (χ0n) is 15.6. The van der Waals surface area contributed by atoms with Crippen molar-refractivity contribution in [1.82, 2.24) is 0 Å². The minimum atomic E-state index is 0. The van der Waals surface area contributed by atoms with Crippen LogP contribution in [0.25, 0.3) is 21.5 Å². The normalized spacial score (nSPS) is 11.9. The molecule has 0 spiro atoms. The second kappa shape index (κ2) is 7.35. The summed E-state index contributed by atoms with van der Waals surface area (Å²) in [5.74, 6) is 0. The fourth-order valence-electron chi connectivity index (χ4n) is 2.83. The van der Waals surface area contributed by atoms with Gasteiger partial charge in [0.15, 0.2) is 0 Å². The first-order valence-corrected chi connectivity index (χ1v) is 8.05. The first kappa shape index (κ1) is 21.5. The van der Waals surface area contributed by atoms with E-state index in [1.165, 1.54) is 32.7 Å². The Kier molecular flexibility index (Phi) is 6.57. The molecule has 3 rings (SSSR count). The largest absolute Gasteiger partial charge is 2.00 e. The summed E-state index contributed by atoms with van der Waals surface area (Å²) in [5.41, 5.74) is 3.07. The minimum absolute atomic E-state index is 0. The molecule has 0 saturated carbocycles. The molecule has 0 saturated heterocycles. The topological polar surface area (TPSA) is 0 Å². The van der Waals surface area contributed by atoms with Crippen molar-refractivity contribution in [3.63, 3.8) is 0 Å². The third-order valence-corrected chi connectivity index (χ3v) is 4.42. The Bertz CT molecular complexity index is 782. The van der Waals surface area contributed by atoms with Crippen molar-refractivity contribution in [2.24, 2.45) is 0 Å². The molecule has 24 heavy (non-hydrogen) atoms. The third-order valence-electron chi connectivity index (χ3n) is 4.42. The SMILES string of the molecule is CC(C)(C)c1ccc2cc3ccc(C(C)(C)C)cc3[c-]c2c1.[Br-].[Mg+2]. The molecule has 0 bridgehead atoms. The maximum atomic E-state index is 3.63. The molecule has 0 heterocycles. The summed E-state index contributed by atoms with van der Waals surface area (Å²) >= 11 is 0. The van der Waals surface area contributed by atoms with E-state index in [1.54, 1.807) is 0 Å². The monoisotopic (exact) mass is 392 g/mol. The van der Waals surface area contributed by atoms with Gasteiger partial charge in [-0.05, 0) is 10.8 Å². The van der Waals surface area contributed by atoms with Crippen molar-refractivity contribution >= 4 is 44.6 Å². The Morgan fingerprint density at radius 1 is 0.625 bits per heavy atom. The van der Waals surface area contributed by atoms with E-state index in [2.05, 4.69) is 90.1 Å². The third kappa shape index (κ3) is 4.33. The van der Waals surface area contributed by atoms with Gasteiger partial charge in [-0.3, -0.25) is 0 Å². The average Bonchev–Trinajstić information content (AvgIpc) is 2.41. The van der Waals surface area contributed by atoms with Gasteiger partial charge in [0.05, 0.1) is 0 Å². The zero-order chi connectivity index (χ0) is 16.1. The summed E-state index contributed by atoms with van der Waals surface area (Å²) in [4.78, 5) is 0. The molecule has 0 aliphatic carbocycles. The predicted octanol–water partition coefficient (Wildman–Crippen LogP) is 3.01. The van der Waals surface area contributed by atoms with E-state index in [0.29, 0.717) is 0 Å². The molecule has 0 amide bonds. The van der Waals surface area contributed by atoms with Crippen LogP contribution in [0.15, 0.2) is 42.5 Å². The molecule has 3 aromatic carbocycles. The number of hydrogen-bond donors (Lipinski definition) is 0. The summed E-state index contributed by atoms with van der Waals surface area (Å²) in [6, 6.07) is 19.4. The van der Waals surface area contributed by atoms with Gasteiger partial charge in [-0.1, -0.05) is 87.7 Å². The molecule has 3 aromatic rings. The van der Waals surface area contributed by atoms with E-state index in [-0.39, 0.29) is 50.9 Å². The number of halogens is 1. The van der Waals surface area contributed by atoms with Crippen molar-refractivity contribution in [2.75, 3.05) is 0 Å². The second-order valence-corrected chi connectivity index (χ2v) is 8.37. The van der Waals surface area contributed by atoms with Crippen LogP contribution in [-0.4, -0.2) is 23.1 Å². The summed E-state index contributed by atoms with van der Waals surface area (Å²) < 4.78 is 0. The van der Waals surface area contributed by atoms with Crippen molar-refractivity contribution in [1.29, 1.82) is 0 Å². The molecule has 2 heteroatoms. The van der Waals surface area contributed by atoms with Gasteiger partial charge in [0.25, 0.3) is 0 Å². The quantitative estimate of drug-likeness (QED) is 0.313. The smallest absolute Gasteiger partial charge is 1.00 e. The van der Waals surface area contributed by atoms with Crippen LogP contribution >= 0.6 is 0 Å². The van der Waals surface area contributed by atoms with Gasteiger partial charge in [0.2, 0.25) is 0 Å². The Hall–Kier alpha value is -0.574. The Morgan fingerprint density at radius 2 is 1.00 bits per heavy atom. The molecular formula is C22H25BrMg. The van der Waals surface area contributed by atoms with Crippen molar-refractivity contribution in [3.05, 3.63) is 59.7 Å². The predicted molar refractivity (Wildman–Crippen MR) is 103 cm³/mol. The van der Waals surface area contributed by atoms with Crippen LogP contribution in [0.1, 0.15) is 52.7 Å². The van der Waals surface area contributed by atoms with E-state index in [9.17, 15) is 0 Å². The molecular weight excluding hydrogens is 368 g/mol. The van der Waals surface area contributed by atoms with Crippen molar-refractivity contribution < 1.29 is 17.0 Å². The second-order valence-electron chi connectivity index (χ2n) is 8.37. The van der Waals surface area contributed by atoms with Gasteiger partial charge in [0.1, 0.15) is 0 Å². The minimum Gasteiger partial charge on any atom is -1.00 e. The number of rotatable bonds is 0.